The normalized spacial score (nSPS) is 17.5. The van der Waals surface area contributed by atoms with Crippen LogP contribution in [0, 0.1) is 12.3 Å². The Labute approximate surface area is 140 Å². The van der Waals surface area contributed by atoms with Gasteiger partial charge in [-0.2, -0.15) is 0 Å². The van der Waals surface area contributed by atoms with Gasteiger partial charge in [-0.15, -0.1) is 5.10 Å². The first-order valence-electron chi connectivity index (χ1n) is 8.16. The molecule has 6 heteroatoms. The molecule has 6 nitrogen and oxygen atoms in total. The van der Waals surface area contributed by atoms with Gasteiger partial charge in [-0.05, 0) is 37.5 Å². The van der Waals surface area contributed by atoms with Gasteiger partial charge in [0.05, 0.1) is 12.2 Å². The number of nitrogens with two attached hydrogens (primary N) is 1. The Balaban J connectivity index is 1.75. The Bertz CT molecular complexity index is 913. The van der Waals surface area contributed by atoms with Crippen LogP contribution in [0.4, 0.5) is 5.82 Å². The molecule has 0 saturated carbocycles. The summed E-state index contributed by atoms with van der Waals surface area (Å²) in [5.41, 5.74) is 9.46. The lowest BCUT2D eigenvalue weighted by atomic mass is 10.0. The molecule has 3 N–H and O–H groups in total. The number of nitrogen functional groups attached to an aromatic ring is 1. The molecule has 3 heterocycles. The molecular weight excluding hydrogens is 300 g/mol. The first kappa shape index (κ1) is 14.7. The molecule has 0 amide bonds. The fourth-order valence-electron chi connectivity index (χ4n) is 3.47. The molecule has 2 aromatic heterocycles. The van der Waals surface area contributed by atoms with E-state index in [1.165, 1.54) is 11.1 Å². The van der Waals surface area contributed by atoms with Crippen LogP contribution >= 0.6 is 0 Å². The highest BCUT2D eigenvalue weighted by Gasteiger charge is 2.27. The molecule has 1 aliphatic heterocycles. The number of hydrogen-bond donors (Lipinski definition) is 2. The highest BCUT2D eigenvalue weighted by Crippen LogP contribution is 2.35. The van der Waals surface area contributed by atoms with Crippen molar-refractivity contribution < 1.29 is 0 Å². The van der Waals surface area contributed by atoms with Crippen LogP contribution in [0.15, 0.2) is 42.6 Å². The number of nitrogens with zero attached hydrogens (tertiary/aromatic N) is 4. The zero-order valence-electron chi connectivity index (χ0n) is 13.6. The van der Waals surface area contributed by atoms with Crippen LogP contribution in [0.3, 0.4) is 0 Å². The van der Waals surface area contributed by atoms with Crippen LogP contribution in [-0.2, 0) is 0 Å². The SMILES string of the molecule is Cc1cccc(C2CCCN2c2ccc3ncc(C(=N)N)n3n2)c1. The lowest BCUT2D eigenvalue weighted by Gasteiger charge is -2.26. The molecule has 0 bridgehead atoms. The summed E-state index contributed by atoms with van der Waals surface area (Å²) in [6.07, 6.45) is 3.85. The zero-order chi connectivity index (χ0) is 16.7. The molecule has 0 aliphatic carbocycles. The third kappa shape index (κ3) is 2.40. The van der Waals surface area contributed by atoms with Crippen LogP contribution in [0.25, 0.3) is 5.65 Å². The smallest absolute Gasteiger partial charge is 0.154 e. The Hall–Kier alpha value is -2.89. The van der Waals surface area contributed by atoms with Gasteiger partial charge < -0.3 is 10.6 Å². The van der Waals surface area contributed by atoms with E-state index in [0.717, 1.165) is 25.2 Å². The van der Waals surface area contributed by atoms with Crippen molar-refractivity contribution in [1.82, 2.24) is 14.6 Å². The summed E-state index contributed by atoms with van der Waals surface area (Å²) in [4.78, 5) is 6.59. The number of fused-ring (bicyclic) bond motifs is 1. The molecule has 4 rings (SSSR count). The van der Waals surface area contributed by atoms with Gasteiger partial charge in [0.25, 0.3) is 0 Å². The van der Waals surface area contributed by atoms with Crippen molar-refractivity contribution in [3.05, 3.63) is 59.4 Å². The summed E-state index contributed by atoms with van der Waals surface area (Å²) < 4.78 is 1.66. The largest absolute Gasteiger partial charge is 0.382 e. The van der Waals surface area contributed by atoms with Crippen molar-refractivity contribution in [3.63, 3.8) is 0 Å². The first-order chi connectivity index (χ1) is 11.6. The summed E-state index contributed by atoms with van der Waals surface area (Å²) in [6.45, 7) is 3.10. The zero-order valence-corrected chi connectivity index (χ0v) is 13.6. The maximum absolute atomic E-state index is 7.68. The number of nitrogens with one attached hydrogen (secondary N) is 1. The van der Waals surface area contributed by atoms with E-state index in [9.17, 15) is 0 Å². The van der Waals surface area contributed by atoms with Gasteiger partial charge in [0.1, 0.15) is 17.3 Å². The molecule has 1 aromatic carbocycles. The quantitative estimate of drug-likeness (QED) is 0.574. The van der Waals surface area contributed by atoms with Gasteiger partial charge in [0.2, 0.25) is 0 Å². The van der Waals surface area contributed by atoms with E-state index in [1.807, 2.05) is 12.1 Å². The summed E-state index contributed by atoms with van der Waals surface area (Å²) in [7, 11) is 0. The number of anilines is 1. The van der Waals surface area contributed by atoms with E-state index in [0.29, 0.717) is 17.4 Å². The highest BCUT2D eigenvalue weighted by molar-refractivity contribution is 5.93. The minimum atomic E-state index is -0.0243. The molecule has 0 spiro atoms. The monoisotopic (exact) mass is 320 g/mol. The van der Waals surface area contributed by atoms with E-state index in [-0.39, 0.29) is 5.84 Å². The Morgan fingerprint density at radius 1 is 1.29 bits per heavy atom. The van der Waals surface area contributed by atoms with Crippen molar-refractivity contribution in [2.75, 3.05) is 11.4 Å². The number of hydrogen-bond acceptors (Lipinski definition) is 4. The van der Waals surface area contributed by atoms with Crippen molar-refractivity contribution in [2.24, 2.45) is 5.73 Å². The minimum absolute atomic E-state index is 0.0243. The fourth-order valence-corrected chi connectivity index (χ4v) is 3.47. The van der Waals surface area contributed by atoms with E-state index in [1.54, 1.807) is 10.7 Å². The number of benzene rings is 1. The number of rotatable bonds is 3. The number of aromatic nitrogens is 3. The third-order valence-corrected chi connectivity index (χ3v) is 4.60. The second-order valence-corrected chi connectivity index (χ2v) is 6.28. The average molecular weight is 320 g/mol. The Kier molecular flexibility index (Phi) is 3.45. The van der Waals surface area contributed by atoms with Crippen molar-refractivity contribution in [2.45, 2.75) is 25.8 Å². The lowest BCUT2D eigenvalue weighted by Crippen LogP contribution is -2.25. The third-order valence-electron chi connectivity index (χ3n) is 4.60. The van der Waals surface area contributed by atoms with Crippen molar-refractivity contribution in [1.29, 1.82) is 5.41 Å². The minimum Gasteiger partial charge on any atom is -0.382 e. The first-order valence-corrected chi connectivity index (χ1v) is 8.16. The predicted octanol–water partition coefficient (Wildman–Crippen LogP) is 2.66. The van der Waals surface area contributed by atoms with Crippen LogP contribution in [0.2, 0.25) is 0 Å². The van der Waals surface area contributed by atoms with Gasteiger partial charge in [-0.1, -0.05) is 29.8 Å². The van der Waals surface area contributed by atoms with E-state index < -0.39 is 0 Å². The molecule has 24 heavy (non-hydrogen) atoms. The number of aryl methyl sites for hydroxylation is 1. The van der Waals surface area contributed by atoms with E-state index >= 15 is 0 Å². The second kappa shape index (κ2) is 5.63. The van der Waals surface area contributed by atoms with Gasteiger partial charge in [0.15, 0.2) is 5.65 Å². The van der Waals surface area contributed by atoms with E-state index in [4.69, 9.17) is 16.2 Å². The van der Waals surface area contributed by atoms with Gasteiger partial charge in [-0.25, -0.2) is 9.50 Å². The molecule has 1 unspecified atom stereocenters. The van der Waals surface area contributed by atoms with Crippen LogP contribution in [-0.4, -0.2) is 27.0 Å². The highest BCUT2D eigenvalue weighted by atomic mass is 15.3. The molecule has 0 radical (unpaired) electrons. The summed E-state index contributed by atoms with van der Waals surface area (Å²) >= 11 is 0. The molecule has 1 aliphatic rings. The standard InChI is InChI=1S/C18H20N6/c1-12-4-2-5-13(10-12)14-6-3-9-23(14)17-8-7-16-21-11-15(18(19)20)24(16)22-17/h2,4-5,7-8,10-11,14H,3,6,9H2,1H3,(H3,19,20). The summed E-state index contributed by atoms with van der Waals surface area (Å²) in [5, 5.41) is 12.4. The van der Waals surface area contributed by atoms with Gasteiger partial charge >= 0.3 is 0 Å². The fraction of sp³-hybridized carbons (Fsp3) is 0.278. The molecular formula is C18H20N6. The van der Waals surface area contributed by atoms with E-state index in [2.05, 4.69) is 41.1 Å². The topological polar surface area (TPSA) is 83.3 Å². The average Bonchev–Trinajstić information content (AvgIpc) is 3.21. The van der Waals surface area contributed by atoms with Crippen LogP contribution in [0.1, 0.15) is 35.7 Å². The maximum atomic E-state index is 7.68. The number of imidazole rings is 1. The molecule has 3 aromatic rings. The summed E-state index contributed by atoms with van der Waals surface area (Å²) in [6, 6.07) is 12.9. The van der Waals surface area contributed by atoms with Crippen LogP contribution in [0.5, 0.6) is 0 Å². The predicted molar refractivity (Wildman–Crippen MR) is 94.5 cm³/mol. The number of amidine groups is 1. The van der Waals surface area contributed by atoms with Gasteiger partial charge in [-0.3, -0.25) is 5.41 Å². The molecule has 1 saturated heterocycles. The lowest BCUT2D eigenvalue weighted by molar-refractivity contribution is 0.701. The van der Waals surface area contributed by atoms with Crippen LogP contribution < -0.4 is 10.6 Å². The molecule has 122 valence electrons. The van der Waals surface area contributed by atoms with Crippen molar-refractivity contribution in [3.8, 4) is 0 Å². The second-order valence-electron chi connectivity index (χ2n) is 6.28. The van der Waals surface area contributed by atoms with Gasteiger partial charge in [0, 0.05) is 6.54 Å². The maximum Gasteiger partial charge on any atom is 0.154 e. The Morgan fingerprint density at radius 3 is 2.96 bits per heavy atom. The Morgan fingerprint density at radius 2 is 2.17 bits per heavy atom. The summed E-state index contributed by atoms with van der Waals surface area (Å²) in [5.74, 6) is 0.871. The van der Waals surface area contributed by atoms with Crippen molar-refractivity contribution >= 4 is 17.3 Å². The molecule has 1 fully saturated rings. The molecule has 1 atom stereocenters.